The minimum absolute atomic E-state index is 0.0555. The van der Waals surface area contributed by atoms with Gasteiger partial charge in [0.2, 0.25) is 0 Å². The Labute approximate surface area is 260 Å². The lowest BCUT2D eigenvalue weighted by molar-refractivity contribution is -0.164. The van der Waals surface area contributed by atoms with Crippen LogP contribution in [0.25, 0.3) is 4.85 Å². The summed E-state index contributed by atoms with van der Waals surface area (Å²) in [6.07, 6.45) is 0.623. The Morgan fingerprint density at radius 2 is 1.61 bits per heavy atom. The first-order valence-corrected chi connectivity index (χ1v) is 15.8. The number of unbranched alkanes of at least 4 members (excludes halogenated alkanes) is 3. The van der Waals surface area contributed by atoms with E-state index in [0.29, 0.717) is 17.6 Å². The number of aryl methyl sites for hydroxylation is 1. The van der Waals surface area contributed by atoms with Crippen molar-refractivity contribution in [3.05, 3.63) is 70.6 Å². The van der Waals surface area contributed by atoms with E-state index in [2.05, 4.69) is 34.2 Å². The summed E-state index contributed by atoms with van der Waals surface area (Å²) < 4.78 is 46.5. The fourth-order valence-corrected chi connectivity index (χ4v) is 7.47. The second-order valence-corrected chi connectivity index (χ2v) is 13.8. The largest absolute Gasteiger partial charge is 0.489 e. The molecule has 1 aliphatic carbocycles. The molecule has 0 aromatic heterocycles. The molecule has 1 saturated heterocycles. The molecule has 4 rings (SSSR count). The van der Waals surface area contributed by atoms with Gasteiger partial charge in [-0.2, -0.15) is 13.2 Å². The zero-order chi connectivity index (χ0) is 32.3. The van der Waals surface area contributed by atoms with E-state index in [0.717, 1.165) is 44.6 Å². The average molecular weight is 613 g/mol. The van der Waals surface area contributed by atoms with Crippen LogP contribution in [0.5, 0.6) is 5.75 Å². The summed E-state index contributed by atoms with van der Waals surface area (Å²) in [7, 11) is 0. The van der Waals surface area contributed by atoms with Gasteiger partial charge >= 0.3 is 6.18 Å². The molecule has 1 heterocycles. The zero-order valence-electron chi connectivity index (χ0n) is 26.9. The maximum Gasteiger partial charge on any atom is 0.407 e. The molecule has 2 N–H and O–H groups in total. The van der Waals surface area contributed by atoms with E-state index in [-0.39, 0.29) is 17.7 Å². The highest BCUT2D eigenvalue weighted by atomic mass is 19.4. The van der Waals surface area contributed by atoms with Crippen molar-refractivity contribution in [2.75, 3.05) is 19.6 Å². The van der Waals surface area contributed by atoms with Crippen LogP contribution in [0.15, 0.2) is 42.5 Å². The monoisotopic (exact) mass is 612 g/mol. The normalized spacial score (nSPS) is 24.6. The lowest BCUT2D eigenvalue weighted by Gasteiger charge is -2.63. The number of hydrogen-bond donors (Lipinski definition) is 2. The average Bonchev–Trinajstić information content (AvgIpc) is 2.97. The molecule has 1 aliphatic heterocycles. The fraction of sp³-hybridized carbons (Fsp3) is 0.600. The number of rotatable bonds is 11. The highest BCUT2D eigenvalue weighted by Crippen LogP contribution is 2.56. The topological polar surface area (TPSA) is 58.0 Å². The predicted octanol–water partition coefficient (Wildman–Crippen LogP) is 7.65. The Kier molecular flexibility index (Phi) is 10.4. The van der Waals surface area contributed by atoms with Gasteiger partial charge < -0.3 is 15.4 Å². The number of halogens is 3. The van der Waals surface area contributed by atoms with Gasteiger partial charge in [0.05, 0.1) is 12.1 Å². The number of piperazine rings is 1. The molecular weight excluding hydrogens is 565 g/mol. The second-order valence-electron chi connectivity index (χ2n) is 13.8. The number of hydrogen-bond acceptors (Lipinski definition) is 4. The van der Waals surface area contributed by atoms with Crippen LogP contribution >= 0.6 is 0 Å². The van der Waals surface area contributed by atoms with Crippen LogP contribution in [-0.2, 0) is 12.6 Å². The Hall–Kier alpha value is -3.09. The fourth-order valence-electron chi connectivity index (χ4n) is 7.47. The van der Waals surface area contributed by atoms with Gasteiger partial charge in [-0.3, -0.25) is 9.69 Å². The Morgan fingerprint density at radius 1 is 1.00 bits per heavy atom. The summed E-state index contributed by atoms with van der Waals surface area (Å²) in [4.78, 5) is 18.8. The summed E-state index contributed by atoms with van der Waals surface area (Å²) >= 11 is 0. The van der Waals surface area contributed by atoms with Crippen LogP contribution in [-0.4, -0.2) is 54.7 Å². The highest BCUT2D eigenvalue weighted by Gasteiger charge is 2.64. The third kappa shape index (κ3) is 7.40. The van der Waals surface area contributed by atoms with Gasteiger partial charge in [-0.25, -0.2) is 4.85 Å². The van der Waals surface area contributed by atoms with Gasteiger partial charge in [-0.15, -0.1) is 0 Å². The number of carbonyl (C=O) groups excluding carboxylic acids is 1. The van der Waals surface area contributed by atoms with Gasteiger partial charge in [-0.05, 0) is 69.5 Å². The van der Waals surface area contributed by atoms with E-state index in [4.69, 9.17) is 11.3 Å². The van der Waals surface area contributed by atoms with Crippen molar-refractivity contribution in [3.63, 3.8) is 0 Å². The van der Waals surface area contributed by atoms with Gasteiger partial charge in [0.15, 0.2) is 5.69 Å². The number of ether oxygens (including phenoxy) is 1. The number of carbonyl (C=O) groups is 1. The number of benzene rings is 2. The van der Waals surface area contributed by atoms with Crippen LogP contribution in [0.3, 0.4) is 0 Å². The van der Waals surface area contributed by atoms with Crippen molar-refractivity contribution in [2.24, 2.45) is 10.8 Å². The molecule has 2 atom stereocenters. The molecule has 2 aromatic rings. The van der Waals surface area contributed by atoms with Gasteiger partial charge in [0.1, 0.15) is 11.9 Å². The number of nitrogens with zero attached hydrogens (tertiary/aromatic N) is 2. The SMILES string of the molecule is [C-]#[N+]c1ccc(OC2C(C)(C)C(NC(=O)c3ccc(CCCCCCN4[C@H](C)CNC[C@@H]4C)cc3)C2(C)C)cc1C(F)(F)F. The maximum atomic E-state index is 13.5. The van der Waals surface area contributed by atoms with Crippen molar-refractivity contribution in [1.82, 2.24) is 15.5 Å². The van der Waals surface area contributed by atoms with E-state index < -0.39 is 34.4 Å². The molecule has 0 unspecified atom stereocenters. The van der Waals surface area contributed by atoms with Crippen LogP contribution < -0.4 is 15.4 Å². The molecule has 0 spiro atoms. The molecule has 44 heavy (non-hydrogen) atoms. The second kappa shape index (κ2) is 13.5. The minimum atomic E-state index is -4.65. The molecule has 9 heteroatoms. The molecule has 1 saturated carbocycles. The smallest absolute Gasteiger partial charge is 0.407 e. The van der Waals surface area contributed by atoms with Crippen LogP contribution in [0.2, 0.25) is 0 Å². The first-order chi connectivity index (χ1) is 20.7. The molecule has 0 radical (unpaired) electrons. The van der Waals surface area contributed by atoms with E-state index in [9.17, 15) is 18.0 Å². The van der Waals surface area contributed by atoms with Gasteiger partial charge in [-0.1, -0.05) is 58.7 Å². The minimum Gasteiger partial charge on any atom is -0.489 e. The van der Waals surface area contributed by atoms with Crippen molar-refractivity contribution >= 4 is 11.6 Å². The Morgan fingerprint density at radius 3 is 2.20 bits per heavy atom. The summed E-state index contributed by atoms with van der Waals surface area (Å²) in [5, 5.41) is 6.64. The van der Waals surface area contributed by atoms with Crippen molar-refractivity contribution in [1.29, 1.82) is 0 Å². The summed E-state index contributed by atoms with van der Waals surface area (Å²) in [5.74, 6) is -0.127. The van der Waals surface area contributed by atoms with E-state index in [1.165, 1.54) is 30.9 Å². The van der Waals surface area contributed by atoms with Crippen molar-refractivity contribution in [2.45, 2.75) is 104 Å². The lowest BCUT2D eigenvalue weighted by atomic mass is 9.49. The third-order valence-corrected chi connectivity index (χ3v) is 9.62. The van der Waals surface area contributed by atoms with Gasteiger partial charge in [0.25, 0.3) is 5.91 Å². The Bertz CT molecular complexity index is 1310. The van der Waals surface area contributed by atoms with Gasteiger partial charge in [0, 0.05) is 47.6 Å². The van der Waals surface area contributed by atoms with Crippen LogP contribution in [0.4, 0.5) is 18.9 Å². The van der Waals surface area contributed by atoms with Crippen molar-refractivity contribution < 1.29 is 22.7 Å². The number of amides is 1. The number of nitrogens with one attached hydrogen (secondary N) is 2. The maximum absolute atomic E-state index is 13.5. The molecule has 0 bridgehead atoms. The summed E-state index contributed by atoms with van der Waals surface area (Å²) in [6, 6.07) is 12.1. The van der Waals surface area contributed by atoms with Crippen LogP contribution in [0.1, 0.15) is 88.7 Å². The molecular formula is C35H47F3N4O2. The lowest BCUT2D eigenvalue weighted by Crippen LogP contribution is -2.74. The first-order valence-electron chi connectivity index (χ1n) is 15.8. The summed E-state index contributed by atoms with van der Waals surface area (Å²) in [5.41, 5.74) is -0.768. The molecule has 1 amide bonds. The predicted molar refractivity (Wildman–Crippen MR) is 168 cm³/mol. The molecule has 2 fully saturated rings. The molecule has 240 valence electrons. The molecule has 2 aromatic carbocycles. The number of alkyl halides is 3. The highest BCUT2D eigenvalue weighted by molar-refractivity contribution is 5.94. The van der Waals surface area contributed by atoms with E-state index >= 15 is 0 Å². The van der Waals surface area contributed by atoms with E-state index in [1.54, 1.807) is 0 Å². The Balaban J connectivity index is 1.26. The molecule has 2 aliphatic rings. The van der Waals surface area contributed by atoms with Crippen molar-refractivity contribution in [3.8, 4) is 5.75 Å². The quantitative estimate of drug-likeness (QED) is 0.202. The standard InChI is InChI=1S/C35H47F3N4O2/c1-23-21-40-22-24(2)42(23)19-11-9-8-10-12-25-13-15-26(16-14-25)30(43)41-31-33(3,4)32(34(31,5)6)44-27-17-18-29(39-7)28(20-27)35(36,37)38/h13-18,20,23-24,31-32,40H,8-12,19,21-22H2,1-6H3,(H,41,43)/t23-,24+,31?,32?. The molecule has 6 nitrogen and oxygen atoms in total. The summed E-state index contributed by atoms with van der Waals surface area (Å²) in [6.45, 7) is 22.7. The zero-order valence-corrected chi connectivity index (χ0v) is 26.9. The third-order valence-electron chi connectivity index (χ3n) is 9.62. The van der Waals surface area contributed by atoms with Crippen LogP contribution in [0, 0.1) is 17.4 Å². The van der Waals surface area contributed by atoms with E-state index in [1.807, 2.05) is 52.0 Å². The first kappa shape index (κ1) is 33.8.